The van der Waals surface area contributed by atoms with Gasteiger partial charge >= 0.3 is 5.97 Å². The number of carboxylic acid groups (broad SMARTS) is 1. The summed E-state index contributed by atoms with van der Waals surface area (Å²) in [6.07, 6.45) is 0.572. The van der Waals surface area contributed by atoms with E-state index in [9.17, 15) is 4.79 Å². The number of aliphatic carboxylic acids is 1. The molecule has 0 amide bonds. The lowest BCUT2D eigenvalue weighted by Gasteiger charge is -2.14. The molecule has 0 fully saturated rings. The molecule has 0 aliphatic rings. The van der Waals surface area contributed by atoms with Gasteiger partial charge in [-0.3, -0.25) is 10.1 Å². The van der Waals surface area contributed by atoms with Crippen LogP contribution in [0.5, 0.6) is 0 Å². The molecule has 6 nitrogen and oxygen atoms in total. The van der Waals surface area contributed by atoms with Crippen LogP contribution >= 0.6 is 0 Å². The van der Waals surface area contributed by atoms with Gasteiger partial charge in [-0.2, -0.15) is 0 Å². The summed E-state index contributed by atoms with van der Waals surface area (Å²) < 4.78 is 5.14. The summed E-state index contributed by atoms with van der Waals surface area (Å²) in [5.74, 6) is 0.350. The molecule has 0 aromatic carbocycles. The second kappa shape index (κ2) is 5.60. The smallest absolute Gasteiger partial charge is 0.320 e. The van der Waals surface area contributed by atoms with E-state index < -0.39 is 12.0 Å². The van der Waals surface area contributed by atoms with Crippen molar-refractivity contribution in [1.29, 1.82) is 0 Å². The van der Waals surface area contributed by atoms with Crippen molar-refractivity contribution >= 4 is 5.97 Å². The molecular formula is C10H17N3O3. The van der Waals surface area contributed by atoms with Crippen LogP contribution in [0.3, 0.4) is 0 Å². The van der Waals surface area contributed by atoms with Crippen LogP contribution in [-0.4, -0.2) is 27.3 Å². The van der Waals surface area contributed by atoms with Gasteiger partial charge in [-0.25, -0.2) is 0 Å². The third-order valence-corrected chi connectivity index (χ3v) is 2.07. The number of rotatable bonds is 6. The van der Waals surface area contributed by atoms with E-state index in [1.54, 1.807) is 6.92 Å². The molecule has 0 radical (unpaired) electrons. The number of nitrogens with zero attached hydrogens (tertiary/aromatic N) is 2. The summed E-state index contributed by atoms with van der Waals surface area (Å²) in [6.45, 7) is 5.94. The van der Waals surface area contributed by atoms with Gasteiger partial charge in [-0.1, -0.05) is 13.8 Å². The highest BCUT2D eigenvalue weighted by Gasteiger charge is 2.18. The Labute approximate surface area is 94.1 Å². The van der Waals surface area contributed by atoms with Gasteiger partial charge in [-0.05, 0) is 12.3 Å². The van der Waals surface area contributed by atoms with E-state index in [4.69, 9.17) is 9.52 Å². The van der Waals surface area contributed by atoms with E-state index in [2.05, 4.69) is 15.5 Å². The summed E-state index contributed by atoms with van der Waals surface area (Å²) in [6, 6.07) is -0.577. The molecule has 0 saturated carbocycles. The predicted octanol–water partition coefficient (Wildman–Crippen LogP) is 0.967. The number of carbonyl (C=O) groups is 1. The van der Waals surface area contributed by atoms with E-state index in [0.717, 1.165) is 0 Å². The molecule has 0 saturated heterocycles. The second-order valence-corrected chi connectivity index (χ2v) is 4.12. The molecule has 1 heterocycles. The third-order valence-electron chi connectivity index (χ3n) is 2.07. The van der Waals surface area contributed by atoms with Gasteiger partial charge in [0.1, 0.15) is 6.04 Å². The quantitative estimate of drug-likeness (QED) is 0.752. The number of hydrogen-bond donors (Lipinski definition) is 2. The molecule has 90 valence electrons. The van der Waals surface area contributed by atoms with Gasteiger partial charge in [0, 0.05) is 6.92 Å². The maximum atomic E-state index is 10.9. The molecule has 2 N–H and O–H groups in total. The van der Waals surface area contributed by atoms with Crippen molar-refractivity contribution in [2.75, 3.05) is 0 Å². The van der Waals surface area contributed by atoms with Crippen molar-refractivity contribution in [2.24, 2.45) is 5.92 Å². The highest BCUT2D eigenvalue weighted by Crippen LogP contribution is 2.06. The lowest BCUT2D eigenvalue weighted by Crippen LogP contribution is -2.37. The van der Waals surface area contributed by atoms with Crippen molar-refractivity contribution in [3.05, 3.63) is 11.8 Å². The Bertz CT molecular complexity index is 349. The molecule has 0 spiro atoms. The molecule has 1 atom stereocenters. The van der Waals surface area contributed by atoms with Crippen LogP contribution in [0.4, 0.5) is 0 Å². The van der Waals surface area contributed by atoms with Crippen LogP contribution in [0, 0.1) is 12.8 Å². The molecule has 1 aromatic rings. The Morgan fingerprint density at radius 3 is 2.62 bits per heavy atom. The Morgan fingerprint density at radius 1 is 1.50 bits per heavy atom. The average molecular weight is 227 g/mol. The highest BCUT2D eigenvalue weighted by molar-refractivity contribution is 5.73. The summed E-state index contributed by atoms with van der Waals surface area (Å²) in [5, 5.41) is 19.3. The maximum absolute atomic E-state index is 10.9. The zero-order chi connectivity index (χ0) is 12.1. The van der Waals surface area contributed by atoms with Crippen molar-refractivity contribution < 1.29 is 14.3 Å². The van der Waals surface area contributed by atoms with Gasteiger partial charge < -0.3 is 9.52 Å². The molecule has 0 bridgehead atoms. The number of aryl methyl sites for hydroxylation is 1. The van der Waals surface area contributed by atoms with E-state index in [0.29, 0.717) is 24.1 Å². The van der Waals surface area contributed by atoms with Crippen molar-refractivity contribution in [3.63, 3.8) is 0 Å². The molecule has 1 rings (SSSR count). The van der Waals surface area contributed by atoms with Crippen LogP contribution in [0.1, 0.15) is 32.0 Å². The third kappa shape index (κ3) is 3.98. The zero-order valence-electron chi connectivity index (χ0n) is 9.73. The van der Waals surface area contributed by atoms with Crippen LogP contribution in [0.25, 0.3) is 0 Å². The molecular weight excluding hydrogens is 210 g/mol. The molecule has 1 unspecified atom stereocenters. The lowest BCUT2D eigenvalue weighted by atomic mass is 10.0. The monoisotopic (exact) mass is 227 g/mol. The predicted molar refractivity (Wildman–Crippen MR) is 56.8 cm³/mol. The Balaban J connectivity index is 2.46. The SMILES string of the molecule is Cc1nnc(CNC(CC(C)C)C(=O)O)o1. The van der Waals surface area contributed by atoms with Crippen LogP contribution in [0.2, 0.25) is 0 Å². The summed E-state index contributed by atoms with van der Waals surface area (Å²) in [5.41, 5.74) is 0. The largest absolute Gasteiger partial charge is 0.480 e. The van der Waals surface area contributed by atoms with Crippen LogP contribution in [0.15, 0.2) is 4.42 Å². The minimum atomic E-state index is -0.857. The summed E-state index contributed by atoms with van der Waals surface area (Å²) >= 11 is 0. The first-order valence-corrected chi connectivity index (χ1v) is 5.24. The van der Waals surface area contributed by atoms with Crippen LogP contribution < -0.4 is 5.32 Å². The van der Waals surface area contributed by atoms with E-state index >= 15 is 0 Å². The standard InChI is InChI=1S/C10H17N3O3/c1-6(2)4-8(10(14)15)11-5-9-13-12-7(3)16-9/h6,8,11H,4-5H2,1-3H3,(H,14,15). The van der Waals surface area contributed by atoms with Crippen molar-refractivity contribution in [3.8, 4) is 0 Å². The molecule has 16 heavy (non-hydrogen) atoms. The first-order valence-electron chi connectivity index (χ1n) is 5.24. The minimum absolute atomic E-state index is 0.282. The lowest BCUT2D eigenvalue weighted by molar-refractivity contribution is -0.140. The maximum Gasteiger partial charge on any atom is 0.320 e. The van der Waals surface area contributed by atoms with Gasteiger partial charge in [0.25, 0.3) is 0 Å². The Hall–Kier alpha value is -1.43. The van der Waals surface area contributed by atoms with E-state index in [1.807, 2.05) is 13.8 Å². The second-order valence-electron chi connectivity index (χ2n) is 4.12. The number of carboxylic acids is 1. The van der Waals surface area contributed by atoms with Gasteiger partial charge in [0.15, 0.2) is 0 Å². The van der Waals surface area contributed by atoms with Gasteiger partial charge in [0.05, 0.1) is 6.54 Å². The first-order chi connectivity index (χ1) is 7.49. The van der Waals surface area contributed by atoms with E-state index in [-0.39, 0.29) is 6.54 Å². The van der Waals surface area contributed by atoms with Crippen molar-refractivity contribution in [1.82, 2.24) is 15.5 Å². The summed E-state index contributed by atoms with van der Waals surface area (Å²) in [4.78, 5) is 10.9. The normalized spacial score (nSPS) is 13.0. The minimum Gasteiger partial charge on any atom is -0.480 e. The molecule has 6 heteroatoms. The van der Waals surface area contributed by atoms with Crippen LogP contribution in [-0.2, 0) is 11.3 Å². The fraction of sp³-hybridized carbons (Fsp3) is 0.700. The topological polar surface area (TPSA) is 88.2 Å². The number of aromatic nitrogens is 2. The van der Waals surface area contributed by atoms with Gasteiger partial charge in [0.2, 0.25) is 11.8 Å². The highest BCUT2D eigenvalue weighted by atomic mass is 16.4. The Kier molecular flexibility index (Phi) is 4.42. The molecule has 1 aromatic heterocycles. The van der Waals surface area contributed by atoms with Gasteiger partial charge in [-0.15, -0.1) is 10.2 Å². The fourth-order valence-corrected chi connectivity index (χ4v) is 1.36. The number of nitrogens with one attached hydrogen (secondary N) is 1. The number of hydrogen-bond acceptors (Lipinski definition) is 5. The fourth-order valence-electron chi connectivity index (χ4n) is 1.36. The molecule has 0 aliphatic heterocycles. The summed E-state index contributed by atoms with van der Waals surface area (Å²) in [7, 11) is 0. The first kappa shape index (κ1) is 12.6. The average Bonchev–Trinajstić information content (AvgIpc) is 2.58. The molecule has 0 aliphatic carbocycles. The van der Waals surface area contributed by atoms with Crippen molar-refractivity contribution in [2.45, 2.75) is 39.8 Å². The van der Waals surface area contributed by atoms with E-state index in [1.165, 1.54) is 0 Å². The zero-order valence-corrected chi connectivity index (χ0v) is 9.73. The Morgan fingerprint density at radius 2 is 2.19 bits per heavy atom.